The van der Waals surface area contributed by atoms with Gasteiger partial charge in [-0.25, -0.2) is 0 Å². The number of nitrogens with zero attached hydrogens (tertiary/aromatic N) is 2. The zero-order valence-corrected chi connectivity index (χ0v) is 18.2. The van der Waals surface area contributed by atoms with Gasteiger partial charge in [0, 0.05) is 35.3 Å². The molecule has 8 nitrogen and oxygen atoms in total. The zero-order chi connectivity index (χ0) is 23.0. The number of rotatable bonds is 6. The predicted octanol–water partition coefficient (Wildman–Crippen LogP) is 3.54. The number of fused-ring (bicyclic) bond motifs is 1. The fourth-order valence-electron chi connectivity index (χ4n) is 3.53. The van der Waals surface area contributed by atoms with Gasteiger partial charge in [-0.3, -0.25) is 10.0 Å². The summed E-state index contributed by atoms with van der Waals surface area (Å²) in [6.07, 6.45) is 1.94. The minimum Gasteiger partial charge on any atom is -0.497 e. The van der Waals surface area contributed by atoms with E-state index in [2.05, 4.69) is 0 Å². The second-order valence-electron chi connectivity index (χ2n) is 7.22. The number of carbonyl (C=O) groups is 1. The van der Waals surface area contributed by atoms with Crippen LogP contribution < -0.4 is 14.9 Å². The second-order valence-corrected chi connectivity index (χ2v) is 8.99. The lowest BCUT2D eigenvalue weighted by Crippen LogP contribution is -2.27. The summed E-state index contributed by atoms with van der Waals surface area (Å²) < 4.78 is 33.2. The van der Waals surface area contributed by atoms with Crippen LogP contribution in [0.4, 0.5) is 5.69 Å². The van der Waals surface area contributed by atoms with Crippen LogP contribution in [0, 0.1) is 0 Å². The minimum atomic E-state index is -4.27. The van der Waals surface area contributed by atoms with Gasteiger partial charge in [-0.1, -0.05) is 12.1 Å². The SMILES string of the molecule is COc1ccc(-c2cn(C)c3ccc(N(O)S(=O)(=O)c4ccc(C(N)=O)cc4)cc23)cc1. The van der Waals surface area contributed by atoms with Crippen LogP contribution in [0.1, 0.15) is 10.4 Å². The van der Waals surface area contributed by atoms with Crippen LogP contribution in [-0.2, 0) is 17.1 Å². The average molecular weight is 452 g/mol. The first-order valence-electron chi connectivity index (χ1n) is 9.60. The highest BCUT2D eigenvalue weighted by Crippen LogP contribution is 2.34. The average Bonchev–Trinajstić information content (AvgIpc) is 3.14. The number of primary amides is 1. The number of benzene rings is 3. The molecule has 0 aliphatic carbocycles. The van der Waals surface area contributed by atoms with E-state index < -0.39 is 15.9 Å². The van der Waals surface area contributed by atoms with Crippen molar-refractivity contribution in [3.05, 3.63) is 78.5 Å². The Balaban J connectivity index is 1.76. The smallest absolute Gasteiger partial charge is 0.286 e. The molecule has 0 saturated heterocycles. The molecule has 1 amide bonds. The van der Waals surface area contributed by atoms with Crippen molar-refractivity contribution in [3.63, 3.8) is 0 Å². The van der Waals surface area contributed by atoms with Crippen molar-refractivity contribution in [3.8, 4) is 16.9 Å². The maximum atomic E-state index is 12.9. The van der Waals surface area contributed by atoms with E-state index in [4.69, 9.17) is 10.5 Å². The first-order chi connectivity index (χ1) is 15.2. The maximum absolute atomic E-state index is 12.9. The number of nitrogens with two attached hydrogens (primary N) is 1. The van der Waals surface area contributed by atoms with E-state index in [1.807, 2.05) is 42.1 Å². The highest BCUT2D eigenvalue weighted by atomic mass is 32.2. The van der Waals surface area contributed by atoms with E-state index in [1.165, 1.54) is 30.3 Å². The molecule has 0 unspecified atom stereocenters. The first-order valence-corrected chi connectivity index (χ1v) is 11.0. The van der Waals surface area contributed by atoms with Gasteiger partial charge in [0.2, 0.25) is 5.91 Å². The molecule has 0 aliphatic heterocycles. The number of ether oxygens (including phenoxy) is 1. The summed E-state index contributed by atoms with van der Waals surface area (Å²) in [6, 6.07) is 17.4. The Labute approximate surface area is 185 Å². The predicted molar refractivity (Wildman–Crippen MR) is 121 cm³/mol. The monoisotopic (exact) mass is 451 g/mol. The summed E-state index contributed by atoms with van der Waals surface area (Å²) in [7, 11) is -0.784. The summed E-state index contributed by atoms with van der Waals surface area (Å²) in [5.74, 6) is 0.0556. The molecule has 0 saturated carbocycles. The number of carbonyl (C=O) groups excluding carboxylic acids is 1. The number of aromatic nitrogens is 1. The third-order valence-corrected chi connectivity index (χ3v) is 6.79. The van der Waals surface area contributed by atoms with E-state index in [0.29, 0.717) is 0 Å². The topological polar surface area (TPSA) is 115 Å². The van der Waals surface area contributed by atoms with Gasteiger partial charge >= 0.3 is 0 Å². The fraction of sp³-hybridized carbons (Fsp3) is 0.0870. The van der Waals surface area contributed by atoms with E-state index >= 15 is 0 Å². The standard InChI is InChI=1S/C23H21N3O5S/c1-25-14-21(15-3-8-18(31-2)9-4-15)20-13-17(7-12-22(20)25)26(28)32(29,30)19-10-5-16(6-11-19)23(24)27/h3-14,28H,1-2H3,(H2,24,27). The molecule has 1 heterocycles. The molecule has 0 atom stereocenters. The summed E-state index contributed by atoms with van der Waals surface area (Å²) in [6.45, 7) is 0. The van der Waals surface area contributed by atoms with Gasteiger partial charge in [-0.15, -0.1) is 4.47 Å². The van der Waals surface area contributed by atoms with Crippen molar-refractivity contribution in [1.82, 2.24) is 4.57 Å². The minimum absolute atomic E-state index is 0.0810. The van der Waals surface area contributed by atoms with Crippen LogP contribution in [0.15, 0.2) is 77.8 Å². The van der Waals surface area contributed by atoms with Crippen LogP contribution in [0.3, 0.4) is 0 Å². The van der Waals surface area contributed by atoms with Gasteiger partial charge in [0.05, 0.1) is 17.7 Å². The summed E-state index contributed by atoms with van der Waals surface area (Å²) in [5.41, 5.74) is 8.12. The zero-order valence-electron chi connectivity index (χ0n) is 17.4. The van der Waals surface area contributed by atoms with E-state index in [1.54, 1.807) is 19.2 Å². The Morgan fingerprint density at radius 1 is 1.03 bits per heavy atom. The Hall–Kier alpha value is -3.82. The molecule has 3 aromatic carbocycles. The molecular formula is C23H21N3O5S. The highest BCUT2D eigenvalue weighted by molar-refractivity contribution is 7.92. The van der Waals surface area contributed by atoms with Crippen LogP contribution in [-0.4, -0.2) is 31.2 Å². The largest absolute Gasteiger partial charge is 0.497 e. The highest BCUT2D eigenvalue weighted by Gasteiger charge is 2.24. The molecule has 1 aromatic heterocycles. The van der Waals surface area contributed by atoms with Crippen LogP contribution in [0.2, 0.25) is 0 Å². The summed E-state index contributed by atoms with van der Waals surface area (Å²) in [5, 5.41) is 11.4. The molecule has 4 aromatic rings. The number of anilines is 1. The maximum Gasteiger partial charge on any atom is 0.286 e. The number of hydrogen-bond acceptors (Lipinski definition) is 5. The summed E-state index contributed by atoms with van der Waals surface area (Å²) >= 11 is 0. The van der Waals surface area contributed by atoms with Gasteiger partial charge < -0.3 is 15.0 Å². The molecule has 0 bridgehead atoms. The Morgan fingerprint density at radius 3 is 2.28 bits per heavy atom. The lowest BCUT2D eigenvalue weighted by atomic mass is 10.0. The normalized spacial score (nSPS) is 11.5. The van der Waals surface area contributed by atoms with Crippen molar-refractivity contribution in [1.29, 1.82) is 0 Å². The number of sulfonamides is 1. The Bertz CT molecular complexity index is 1410. The Morgan fingerprint density at radius 2 is 1.69 bits per heavy atom. The van der Waals surface area contributed by atoms with Gasteiger partial charge in [0.25, 0.3) is 10.0 Å². The second kappa shape index (κ2) is 8.03. The molecule has 3 N–H and O–H groups in total. The quantitative estimate of drug-likeness (QED) is 0.435. The lowest BCUT2D eigenvalue weighted by molar-refractivity contribution is 0.1000. The lowest BCUT2D eigenvalue weighted by Gasteiger charge is -2.17. The van der Waals surface area contributed by atoms with Crippen LogP contribution in [0.25, 0.3) is 22.0 Å². The molecule has 4 rings (SSSR count). The first kappa shape index (κ1) is 21.4. The van der Waals surface area contributed by atoms with Crippen molar-refractivity contribution in [2.24, 2.45) is 12.8 Å². The molecule has 0 aliphatic rings. The number of aryl methyl sites for hydroxylation is 1. The molecule has 164 valence electrons. The number of amides is 1. The fourth-order valence-corrected chi connectivity index (χ4v) is 4.60. The van der Waals surface area contributed by atoms with E-state index in [9.17, 15) is 18.4 Å². The molecule has 0 fully saturated rings. The molecule has 32 heavy (non-hydrogen) atoms. The molecule has 0 spiro atoms. The summed E-state index contributed by atoms with van der Waals surface area (Å²) in [4.78, 5) is 11.1. The number of methoxy groups -OCH3 is 1. The molecule has 0 radical (unpaired) electrons. The van der Waals surface area contributed by atoms with Crippen LogP contribution >= 0.6 is 0 Å². The van der Waals surface area contributed by atoms with Gasteiger partial charge in [-0.05, 0) is 60.2 Å². The third-order valence-electron chi connectivity index (χ3n) is 5.26. The van der Waals surface area contributed by atoms with Crippen molar-refractivity contribution < 1.29 is 23.2 Å². The van der Waals surface area contributed by atoms with E-state index in [0.717, 1.165) is 27.8 Å². The number of hydrogen-bond donors (Lipinski definition) is 2. The Kier molecular flexibility index (Phi) is 5.37. The molecule has 9 heteroatoms. The van der Waals surface area contributed by atoms with Crippen molar-refractivity contribution in [2.45, 2.75) is 4.90 Å². The van der Waals surface area contributed by atoms with Crippen LogP contribution in [0.5, 0.6) is 5.75 Å². The van der Waals surface area contributed by atoms with Gasteiger partial charge in [0.1, 0.15) is 5.75 Å². The van der Waals surface area contributed by atoms with Gasteiger partial charge in [-0.2, -0.15) is 8.42 Å². The van der Waals surface area contributed by atoms with E-state index in [-0.39, 0.29) is 20.6 Å². The third kappa shape index (κ3) is 3.68. The van der Waals surface area contributed by atoms with Gasteiger partial charge in [0.15, 0.2) is 0 Å². The van der Waals surface area contributed by atoms with Crippen molar-refractivity contribution >= 4 is 32.5 Å². The van der Waals surface area contributed by atoms with Crippen molar-refractivity contribution in [2.75, 3.05) is 11.6 Å². The molecular weight excluding hydrogens is 430 g/mol.